The highest BCUT2D eigenvalue weighted by Gasteiger charge is 2.11. The molecule has 0 aliphatic carbocycles. The van der Waals surface area contributed by atoms with Crippen molar-refractivity contribution >= 4 is 16.3 Å². The zero-order valence-electron chi connectivity index (χ0n) is 9.40. The van der Waals surface area contributed by atoms with Gasteiger partial charge in [-0.1, -0.05) is 26.0 Å². The Kier molecular flexibility index (Phi) is 1.81. The first kappa shape index (κ1) is 9.40. The Hall–Kier alpha value is -1.83. The average molecular weight is 211 g/mol. The van der Waals surface area contributed by atoms with Gasteiger partial charge in [-0.15, -0.1) is 0 Å². The number of hydrogen-bond donors (Lipinski definition) is 0. The summed E-state index contributed by atoms with van der Waals surface area (Å²) in [5.41, 5.74) is 2.10. The molecular weight excluding hydrogens is 198 g/mol. The molecule has 0 saturated carbocycles. The summed E-state index contributed by atoms with van der Waals surface area (Å²) in [7, 11) is 0. The summed E-state index contributed by atoms with van der Waals surface area (Å²) in [4.78, 5) is 12.3. The van der Waals surface area contributed by atoms with E-state index >= 15 is 0 Å². The number of hydrogen-bond acceptors (Lipinski definition) is 1. The smallest absolute Gasteiger partial charge is 0.192 e. The summed E-state index contributed by atoms with van der Waals surface area (Å²) in [6, 6.07) is 7.95. The van der Waals surface area contributed by atoms with Gasteiger partial charge in [0.15, 0.2) is 5.43 Å². The Balaban J connectivity index is 2.60. The second-order valence-electron chi connectivity index (χ2n) is 4.53. The third-order valence-corrected chi connectivity index (χ3v) is 3.15. The Morgan fingerprint density at radius 3 is 2.75 bits per heavy atom. The summed E-state index contributed by atoms with van der Waals surface area (Å²) in [5.74, 6) is 0.262. The van der Waals surface area contributed by atoms with Crippen molar-refractivity contribution in [3.8, 4) is 0 Å². The maximum Gasteiger partial charge on any atom is 0.192 e. The molecule has 0 fully saturated rings. The van der Waals surface area contributed by atoms with Gasteiger partial charge in [-0.3, -0.25) is 4.79 Å². The lowest BCUT2D eigenvalue weighted by molar-refractivity contribution is 0.847. The number of benzene rings is 1. The lowest BCUT2D eigenvalue weighted by Crippen LogP contribution is -2.12. The van der Waals surface area contributed by atoms with Gasteiger partial charge in [0.2, 0.25) is 0 Å². The van der Waals surface area contributed by atoms with E-state index in [2.05, 4.69) is 18.2 Å². The number of para-hydroxylation sites is 1. The van der Waals surface area contributed by atoms with Gasteiger partial charge in [-0.2, -0.15) is 0 Å². The van der Waals surface area contributed by atoms with E-state index in [-0.39, 0.29) is 11.3 Å². The standard InChI is InChI=1S/C14H13NO/c1-9(2)12-8-15-7-6-10-4-3-5-11(13(10)15)14(12)16/h3-9H,1-2H3. The van der Waals surface area contributed by atoms with Crippen LogP contribution in [0.25, 0.3) is 16.3 Å². The molecular formula is C14H13NO. The van der Waals surface area contributed by atoms with Gasteiger partial charge >= 0.3 is 0 Å². The van der Waals surface area contributed by atoms with Gasteiger partial charge in [0, 0.05) is 28.7 Å². The highest BCUT2D eigenvalue weighted by molar-refractivity contribution is 5.96. The first-order valence-corrected chi connectivity index (χ1v) is 5.54. The van der Waals surface area contributed by atoms with Crippen LogP contribution < -0.4 is 5.43 Å². The summed E-state index contributed by atoms with van der Waals surface area (Å²) in [6.45, 7) is 4.11. The van der Waals surface area contributed by atoms with E-state index in [4.69, 9.17) is 0 Å². The number of nitrogens with zero attached hydrogens (tertiary/aromatic N) is 1. The minimum atomic E-state index is 0.173. The fraction of sp³-hybridized carbons (Fsp3) is 0.214. The lowest BCUT2D eigenvalue weighted by atomic mass is 10.0. The van der Waals surface area contributed by atoms with Crippen LogP contribution in [0.4, 0.5) is 0 Å². The Morgan fingerprint density at radius 2 is 2.00 bits per heavy atom. The van der Waals surface area contributed by atoms with E-state index < -0.39 is 0 Å². The first-order chi connectivity index (χ1) is 7.68. The van der Waals surface area contributed by atoms with E-state index in [1.54, 1.807) is 0 Å². The third-order valence-electron chi connectivity index (χ3n) is 3.15. The molecule has 0 radical (unpaired) electrons. The average Bonchev–Trinajstić information content (AvgIpc) is 2.67. The molecule has 0 saturated heterocycles. The van der Waals surface area contributed by atoms with Crippen molar-refractivity contribution in [1.29, 1.82) is 0 Å². The fourth-order valence-corrected chi connectivity index (χ4v) is 2.29. The van der Waals surface area contributed by atoms with Gasteiger partial charge in [0.1, 0.15) is 0 Å². The molecule has 2 heteroatoms. The topological polar surface area (TPSA) is 21.5 Å². The first-order valence-electron chi connectivity index (χ1n) is 5.54. The van der Waals surface area contributed by atoms with Crippen molar-refractivity contribution in [2.24, 2.45) is 0 Å². The summed E-state index contributed by atoms with van der Waals surface area (Å²) < 4.78 is 2.06. The molecule has 2 heterocycles. The molecule has 16 heavy (non-hydrogen) atoms. The Morgan fingerprint density at radius 1 is 1.19 bits per heavy atom. The van der Waals surface area contributed by atoms with E-state index in [1.807, 2.05) is 36.7 Å². The van der Waals surface area contributed by atoms with Crippen molar-refractivity contribution in [2.75, 3.05) is 0 Å². The van der Waals surface area contributed by atoms with Crippen LogP contribution in [0.5, 0.6) is 0 Å². The Labute approximate surface area is 93.5 Å². The molecule has 0 atom stereocenters. The zero-order valence-corrected chi connectivity index (χ0v) is 9.40. The van der Waals surface area contributed by atoms with Crippen LogP contribution in [0.3, 0.4) is 0 Å². The molecule has 0 bridgehead atoms. The normalized spacial score (nSPS) is 11.9. The van der Waals surface area contributed by atoms with Gasteiger partial charge in [0.05, 0.1) is 5.52 Å². The monoisotopic (exact) mass is 211 g/mol. The van der Waals surface area contributed by atoms with Gasteiger partial charge in [-0.05, 0) is 18.1 Å². The maximum absolute atomic E-state index is 12.3. The quantitative estimate of drug-likeness (QED) is 0.606. The molecule has 0 N–H and O–H groups in total. The van der Waals surface area contributed by atoms with Crippen molar-refractivity contribution < 1.29 is 0 Å². The van der Waals surface area contributed by atoms with Crippen LogP contribution in [-0.2, 0) is 0 Å². The summed E-state index contributed by atoms with van der Waals surface area (Å²) in [6.07, 6.45) is 3.98. The van der Waals surface area contributed by atoms with E-state index in [0.29, 0.717) is 0 Å². The SMILES string of the molecule is CC(C)c1cn2ccc3cccc(c1=O)c32. The van der Waals surface area contributed by atoms with Crippen LogP contribution in [0.2, 0.25) is 0 Å². The molecule has 2 aromatic heterocycles. The predicted molar refractivity (Wildman–Crippen MR) is 66.4 cm³/mol. The van der Waals surface area contributed by atoms with Crippen molar-refractivity contribution in [3.63, 3.8) is 0 Å². The van der Waals surface area contributed by atoms with Gasteiger partial charge in [0.25, 0.3) is 0 Å². The highest BCUT2D eigenvalue weighted by Crippen LogP contribution is 2.22. The second-order valence-corrected chi connectivity index (χ2v) is 4.53. The third kappa shape index (κ3) is 1.10. The molecule has 2 nitrogen and oxygen atoms in total. The van der Waals surface area contributed by atoms with Crippen molar-refractivity contribution in [3.05, 3.63) is 52.4 Å². The second kappa shape index (κ2) is 3.08. The molecule has 0 aliphatic heterocycles. The van der Waals surface area contributed by atoms with E-state index in [0.717, 1.165) is 21.9 Å². The van der Waals surface area contributed by atoms with Crippen LogP contribution in [0.1, 0.15) is 25.3 Å². The van der Waals surface area contributed by atoms with E-state index in [1.165, 1.54) is 0 Å². The molecule has 0 unspecified atom stereocenters. The minimum Gasteiger partial charge on any atom is -0.322 e. The van der Waals surface area contributed by atoms with Crippen molar-refractivity contribution in [1.82, 2.24) is 4.40 Å². The van der Waals surface area contributed by atoms with Gasteiger partial charge < -0.3 is 4.40 Å². The number of rotatable bonds is 1. The largest absolute Gasteiger partial charge is 0.322 e. The van der Waals surface area contributed by atoms with Crippen LogP contribution in [0.15, 0.2) is 41.5 Å². The highest BCUT2D eigenvalue weighted by atomic mass is 16.1. The molecule has 1 aromatic carbocycles. The zero-order chi connectivity index (χ0) is 11.3. The predicted octanol–water partition coefficient (Wildman–Crippen LogP) is 3.01. The van der Waals surface area contributed by atoms with Gasteiger partial charge in [-0.25, -0.2) is 0 Å². The van der Waals surface area contributed by atoms with Crippen LogP contribution in [-0.4, -0.2) is 4.40 Å². The molecule has 80 valence electrons. The lowest BCUT2D eigenvalue weighted by Gasteiger charge is -2.07. The van der Waals surface area contributed by atoms with Crippen LogP contribution in [0, 0.1) is 0 Å². The number of aromatic nitrogens is 1. The molecule has 3 aromatic rings. The maximum atomic E-state index is 12.3. The fourth-order valence-electron chi connectivity index (χ4n) is 2.29. The summed E-state index contributed by atoms with van der Waals surface area (Å²) >= 11 is 0. The summed E-state index contributed by atoms with van der Waals surface area (Å²) in [5, 5.41) is 1.96. The van der Waals surface area contributed by atoms with Crippen LogP contribution >= 0.6 is 0 Å². The minimum absolute atomic E-state index is 0.173. The molecule has 0 amide bonds. The molecule has 3 rings (SSSR count). The molecule has 0 spiro atoms. The number of pyridine rings is 1. The van der Waals surface area contributed by atoms with E-state index in [9.17, 15) is 4.79 Å². The molecule has 0 aliphatic rings. The Bertz CT molecular complexity index is 709. The van der Waals surface area contributed by atoms with Crippen molar-refractivity contribution in [2.45, 2.75) is 19.8 Å².